The minimum Gasteiger partial charge on any atom is -0.341 e. The van der Waals surface area contributed by atoms with Crippen LogP contribution in [0.15, 0.2) is 0 Å². The van der Waals surface area contributed by atoms with Gasteiger partial charge < -0.3 is 15.1 Å². The van der Waals surface area contributed by atoms with E-state index in [1.54, 1.807) is 7.05 Å². The Hall–Kier alpha value is -0.770. The van der Waals surface area contributed by atoms with Gasteiger partial charge in [0.1, 0.15) is 0 Å². The van der Waals surface area contributed by atoms with Crippen molar-refractivity contribution in [3.63, 3.8) is 0 Å². The molecule has 4 nitrogen and oxygen atoms in total. The van der Waals surface area contributed by atoms with Gasteiger partial charge in [-0.05, 0) is 26.9 Å². The fourth-order valence-corrected chi connectivity index (χ4v) is 1.74. The largest absolute Gasteiger partial charge is 0.341 e. The second-order valence-corrected chi connectivity index (χ2v) is 3.74. The Kier molecular flexibility index (Phi) is 3.54. The normalized spacial score (nSPS) is 19.2. The molecule has 1 fully saturated rings. The molecule has 1 aliphatic heterocycles. The van der Waals surface area contributed by atoms with Crippen molar-refractivity contribution in [1.82, 2.24) is 15.1 Å². The number of nitrogens with one attached hydrogen (secondary N) is 1. The van der Waals surface area contributed by atoms with Crippen LogP contribution in [0.3, 0.4) is 0 Å². The van der Waals surface area contributed by atoms with E-state index in [4.69, 9.17) is 0 Å². The molecule has 1 rings (SSSR count). The highest BCUT2D eigenvalue weighted by Crippen LogP contribution is 2.13. The van der Waals surface area contributed by atoms with Crippen LogP contribution in [0.2, 0.25) is 0 Å². The van der Waals surface area contributed by atoms with Gasteiger partial charge in [-0.25, -0.2) is 4.79 Å². The molecule has 0 atom stereocenters. The van der Waals surface area contributed by atoms with Crippen LogP contribution in [0.1, 0.15) is 12.8 Å². The molecule has 13 heavy (non-hydrogen) atoms. The zero-order valence-electron chi connectivity index (χ0n) is 8.71. The summed E-state index contributed by atoms with van der Waals surface area (Å²) in [7, 11) is 5.88. The Morgan fingerprint density at radius 1 is 1.38 bits per heavy atom. The fraction of sp³-hybridized carbons (Fsp3) is 0.889. The molecule has 0 radical (unpaired) electrons. The Bertz CT molecular complexity index is 174. The standard InChI is InChI=1S/C9H19N3O/c1-10-9(13)12-6-4-8(5-7-12)11(2)3/h8H,4-7H2,1-3H3,(H,10,13). The number of hydrogen-bond donors (Lipinski definition) is 1. The average Bonchev–Trinajstić information content (AvgIpc) is 2.17. The van der Waals surface area contributed by atoms with E-state index < -0.39 is 0 Å². The number of carbonyl (C=O) groups is 1. The highest BCUT2D eigenvalue weighted by Gasteiger charge is 2.22. The average molecular weight is 185 g/mol. The van der Waals surface area contributed by atoms with Crippen molar-refractivity contribution < 1.29 is 4.79 Å². The summed E-state index contributed by atoms with van der Waals surface area (Å²) in [5, 5.41) is 2.65. The minimum absolute atomic E-state index is 0.0530. The lowest BCUT2D eigenvalue weighted by Crippen LogP contribution is -2.47. The first-order valence-corrected chi connectivity index (χ1v) is 4.78. The van der Waals surface area contributed by atoms with Crippen molar-refractivity contribution in [2.75, 3.05) is 34.2 Å². The van der Waals surface area contributed by atoms with Crippen molar-refractivity contribution in [1.29, 1.82) is 0 Å². The number of likely N-dealkylation sites (tertiary alicyclic amines) is 1. The summed E-state index contributed by atoms with van der Waals surface area (Å²) in [5.74, 6) is 0. The van der Waals surface area contributed by atoms with Crippen molar-refractivity contribution in [3.8, 4) is 0 Å². The van der Waals surface area contributed by atoms with Crippen LogP contribution in [0, 0.1) is 0 Å². The van der Waals surface area contributed by atoms with Crippen LogP contribution in [0.25, 0.3) is 0 Å². The predicted molar refractivity (Wildman–Crippen MR) is 52.7 cm³/mol. The zero-order valence-corrected chi connectivity index (χ0v) is 8.71. The summed E-state index contributed by atoms with van der Waals surface area (Å²) < 4.78 is 0. The molecule has 1 aliphatic rings. The van der Waals surface area contributed by atoms with E-state index in [9.17, 15) is 4.79 Å². The van der Waals surface area contributed by atoms with Gasteiger partial charge in [0.15, 0.2) is 0 Å². The maximum atomic E-state index is 11.2. The lowest BCUT2D eigenvalue weighted by atomic mass is 10.0. The van der Waals surface area contributed by atoms with Gasteiger partial charge in [-0.1, -0.05) is 0 Å². The van der Waals surface area contributed by atoms with Crippen LogP contribution < -0.4 is 5.32 Å². The first kappa shape index (κ1) is 10.3. The highest BCUT2D eigenvalue weighted by atomic mass is 16.2. The molecule has 1 N–H and O–H groups in total. The molecule has 0 spiro atoms. The molecule has 0 aromatic carbocycles. The SMILES string of the molecule is CNC(=O)N1CCC(N(C)C)CC1. The van der Waals surface area contributed by atoms with Crippen molar-refractivity contribution in [3.05, 3.63) is 0 Å². The maximum Gasteiger partial charge on any atom is 0.317 e. The predicted octanol–water partition coefficient (Wildman–Crippen LogP) is 0.352. The van der Waals surface area contributed by atoms with Gasteiger partial charge >= 0.3 is 6.03 Å². The number of urea groups is 1. The lowest BCUT2D eigenvalue weighted by Gasteiger charge is -2.34. The Morgan fingerprint density at radius 3 is 2.31 bits per heavy atom. The zero-order chi connectivity index (χ0) is 9.84. The molecule has 0 aromatic rings. The van der Waals surface area contributed by atoms with Gasteiger partial charge in [0.25, 0.3) is 0 Å². The van der Waals surface area contributed by atoms with Crippen molar-refractivity contribution >= 4 is 6.03 Å². The van der Waals surface area contributed by atoms with Gasteiger partial charge in [0.05, 0.1) is 0 Å². The quantitative estimate of drug-likeness (QED) is 0.640. The van der Waals surface area contributed by atoms with Crippen LogP contribution in [0.4, 0.5) is 4.79 Å². The molecule has 1 heterocycles. The maximum absolute atomic E-state index is 11.2. The number of carbonyl (C=O) groups excluding carboxylic acids is 1. The molecule has 1 saturated heterocycles. The molecular weight excluding hydrogens is 166 g/mol. The third kappa shape index (κ3) is 2.59. The van der Waals surface area contributed by atoms with E-state index in [-0.39, 0.29) is 6.03 Å². The number of piperidine rings is 1. The molecule has 76 valence electrons. The summed E-state index contributed by atoms with van der Waals surface area (Å²) in [6, 6.07) is 0.693. The molecule has 0 bridgehead atoms. The van der Waals surface area contributed by atoms with Crippen LogP contribution in [-0.2, 0) is 0 Å². The fourth-order valence-electron chi connectivity index (χ4n) is 1.74. The highest BCUT2D eigenvalue weighted by molar-refractivity contribution is 5.73. The third-order valence-electron chi connectivity index (χ3n) is 2.70. The minimum atomic E-state index is 0.0530. The second kappa shape index (κ2) is 4.46. The van der Waals surface area contributed by atoms with Gasteiger partial charge in [-0.2, -0.15) is 0 Å². The second-order valence-electron chi connectivity index (χ2n) is 3.74. The summed E-state index contributed by atoms with van der Waals surface area (Å²) >= 11 is 0. The van der Waals surface area contributed by atoms with Gasteiger partial charge in [-0.15, -0.1) is 0 Å². The van der Waals surface area contributed by atoms with Gasteiger partial charge in [-0.3, -0.25) is 0 Å². The van der Waals surface area contributed by atoms with Crippen molar-refractivity contribution in [2.45, 2.75) is 18.9 Å². The first-order valence-electron chi connectivity index (χ1n) is 4.78. The van der Waals surface area contributed by atoms with E-state index in [1.165, 1.54) is 0 Å². The molecule has 0 aromatic heterocycles. The van der Waals surface area contributed by atoms with Gasteiger partial charge in [0, 0.05) is 26.2 Å². The van der Waals surface area contributed by atoms with E-state index in [0.717, 1.165) is 25.9 Å². The lowest BCUT2D eigenvalue weighted by molar-refractivity contribution is 0.149. The number of rotatable bonds is 1. The molecule has 0 saturated carbocycles. The summed E-state index contributed by atoms with van der Waals surface area (Å²) in [5.41, 5.74) is 0. The molecule has 0 aliphatic carbocycles. The number of amides is 2. The summed E-state index contributed by atoms with van der Waals surface area (Å²) in [4.78, 5) is 15.4. The molecule has 0 unspecified atom stereocenters. The van der Waals surface area contributed by atoms with Crippen LogP contribution in [0.5, 0.6) is 0 Å². The first-order chi connectivity index (χ1) is 6.15. The number of nitrogens with zero attached hydrogens (tertiary/aromatic N) is 2. The Labute approximate surface area is 79.9 Å². The van der Waals surface area contributed by atoms with Crippen LogP contribution >= 0.6 is 0 Å². The summed E-state index contributed by atoms with van der Waals surface area (Å²) in [6.45, 7) is 1.76. The van der Waals surface area contributed by atoms with E-state index >= 15 is 0 Å². The van der Waals surface area contributed by atoms with Crippen molar-refractivity contribution in [2.24, 2.45) is 0 Å². The van der Waals surface area contributed by atoms with E-state index in [1.807, 2.05) is 4.90 Å². The Balaban J connectivity index is 2.34. The molecular formula is C9H19N3O. The Morgan fingerprint density at radius 2 is 1.92 bits per heavy atom. The molecule has 4 heteroatoms. The number of hydrogen-bond acceptors (Lipinski definition) is 2. The van der Waals surface area contributed by atoms with Crippen LogP contribution in [-0.4, -0.2) is 56.1 Å². The van der Waals surface area contributed by atoms with E-state index in [2.05, 4.69) is 24.3 Å². The smallest absolute Gasteiger partial charge is 0.317 e. The monoisotopic (exact) mass is 185 g/mol. The molecule has 2 amide bonds. The summed E-state index contributed by atoms with van der Waals surface area (Å²) in [6.07, 6.45) is 2.17. The van der Waals surface area contributed by atoms with E-state index in [0.29, 0.717) is 6.04 Å². The third-order valence-corrected chi connectivity index (χ3v) is 2.70. The topological polar surface area (TPSA) is 35.6 Å². The van der Waals surface area contributed by atoms with Gasteiger partial charge in [0.2, 0.25) is 0 Å².